The van der Waals surface area contributed by atoms with Crippen LogP contribution in [-0.2, 0) is 13.0 Å². The predicted molar refractivity (Wildman–Crippen MR) is 52.8 cm³/mol. The van der Waals surface area contributed by atoms with Gasteiger partial charge in [-0.2, -0.15) is 0 Å². The third-order valence-electron chi connectivity index (χ3n) is 2.83. The number of rotatable bonds is 1. The Labute approximate surface area is 79.4 Å². The van der Waals surface area contributed by atoms with Crippen LogP contribution in [-0.4, -0.2) is 34.6 Å². The molecular weight excluding hydrogens is 162 g/mol. The van der Waals surface area contributed by atoms with Gasteiger partial charge in [-0.25, -0.2) is 4.98 Å². The molecule has 1 aromatic heterocycles. The summed E-state index contributed by atoms with van der Waals surface area (Å²) in [5, 5.41) is 0. The molecule has 0 amide bonds. The maximum absolute atomic E-state index is 4.52. The van der Waals surface area contributed by atoms with Gasteiger partial charge in [0.2, 0.25) is 0 Å². The summed E-state index contributed by atoms with van der Waals surface area (Å²) in [6, 6.07) is 0.675. The van der Waals surface area contributed by atoms with Crippen molar-refractivity contribution in [3.8, 4) is 0 Å². The van der Waals surface area contributed by atoms with E-state index in [-0.39, 0.29) is 0 Å². The van der Waals surface area contributed by atoms with Gasteiger partial charge in [-0.05, 0) is 27.4 Å². The summed E-state index contributed by atoms with van der Waals surface area (Å²) in [7, 11) is 4.30. The average molecular weight is 179 g/mol. The molecular formula is C10H17N3. The molecule has 0 bridgehead atoms. The highest BCUT2D eigenvalue weighted by Gasteiger charge is 2.20. The Balaban J connectivity index is 2.19. The fourth-order valence-electron chi connectivity index (χ4n) is 1.99. The van der Waals surface area contributed by atoms with Crippen LogP contribution in [0.4, 0.5) is 0 Å². The van der Waals surface area contributed by atoms with Crippen LogP contribution in [0.15, 0.2) is 6.20 Å². The minimum Gasteiger partial charge on any atom is -0.335 e. The molecule has 1 aliphatic rings. The summed E-state index contributed by atoms with van der Waals surface area (Å²) >= 11 is 0. The van der Waals surface area contributed by atoms with Gasteiger partial charge in [0.1, 0.15) is 5.82 Å². The van der Waals surface area contributed by atoms with Crippen molar-refractivity contribution in [2.75, 3.05) is 14.1 Å². The van der Waals surface area contributed by atoms with Crippen LogP contribution in [0.1, 0.15) is 17.9 Å². The largest absolute Gasteiger partial charge is 0.335 e. The summed E-state index contributed by atoms with van der Waals surface area (Å²) in [5.41, 5.74) is 1.15. The Morgan fingerprint density at radius 3 is 3.00 bits per heavy atom. The predicted octanol–water partition coefficient (Wildman–Crippen LogP) is 1.07. The first kappa shape index (κ1) is 8.75. The average Bonchev–Trinajstić information content (AvgIpc) is 2.42. The first-order valence-corrected chi connectivity index (χ1v) is 4.86. The SMILES string of the molecule is Cc1cn2c(n1)CC(N(C)C)CC2. The maximum atomic E-state index is 4.52. The topological polar surface area (TPSA) is 21.1 Å². The van der Waals surface area contributed by atoms with E-state index < -0.39 is 0 Å². The second-order valence-corrected chi connectivity index (χ2v) is 4.10. The van der Waals surface area contributed by atoms with E-state index in [0.29, 0.717) is 6.04 Å². The first-order valence-electron chi connectivity index (χ1n) is 4.86. The summed E-state index contributed by atoms with van der Waals surface area (Å²) < 4.78 is 2.29. The van der Waals surface area contributed by atoms with Crippen LogP contribution in [0.25, 0.3) is 0 Å². The molecule has 72 valence electrons. The van der Waals surface area contributed by atoms with Crippen molar-refractivity contribution in [3.63, 3.8) is 0 Å². The molecule has 2 rings (SSSR count). The molecule has 3 nitrogen and oxygen atoms in total. The van der Waals surface area contributed by atoms with Gasteiger partial charge in [0.15, 0.2) is 0 Å². The van der Waals surface area contributed by atoms with Crippen LogP contribution in [0, 0.1) is 6.92 Å². The molecule has 0 aliphatic carbocycles. The third kappa shape index (κ3) is 1.61. The molecule has 3 heteroatoms. The van der Waals surface area contributed by atoms with Crippen molar-refractivity contribution >= 4 is 0 Å². The van der Waals surface area contributed by atoms with E-state index in [9.17, 15) is 0 Å². The van der Waals surface area contributed by atoms with Crippen molar-refractivity contribution in [1.82, 2.24) is 14.5 Å². The van der Waals surface area contributed by atoms with Crippen LogP contribution in [0.5, 0.6) is 0 Å². The van der Waals surface area contributed by atoms with E-state index >= 15 is 0 Å². The van der Waals surface area contributed by atoms with Gasteiger partial charge in [-0.15, -0.1) is 0 Å². The standard InChI is InChI=1S/C10H17N3/c1-8-7-13-5-4-9(12(2)3)6-10(13)11-8/h7,9H,4-6H2,1-3H3. The van der Waals surface area contributed by atoms with E-state index in [1.54, 1.807) is 0 Å². The second-order valence-electron chi connectivity index (χ2n) is 4.10. The van der Waals surface area contributed by atoms with Crippen molar-refractivity contribution in [1.29, 1.82) is 0 Å². The molecule has 0 fully saturated rings. The van der Waals surface area contributed by atoms with Gasteiger partial charge < -0.3 is 9.47 Å². The van der Waals surface area contributed by atoms with E-state index in [0.717, 1.165) is 18.7 Å². The fourth-order valence-corrected chi connectivity index (χ4v) is 1.99. The number of nitrogens with zero attached hydrogens (tertiary/aromatic N) is 3. The van der Waals surface area contributed by atoms with Crippen molar-refractivity contribution in [3.05, 3.63) is 17.7 Å². The molecule has 1 unspecified atom stereocenters. The lowest BCUT2D eigenvalue weighted by Gasteiger charge is -2.28. The Morgan fingerprint density at radius 1 is 1.54 bits per heavy atom. The van der Waals surface area contributed by atoms with Crippen LogP contribution in [0.2, 0.25) is 0 Å². The Bertz CT molecular complexity index is 301. The van der Waals surface area contributed by atoms with Crippen molar-refractivity contribution in [2.45, 2.75) is 32.4 Å². The van der Waals surface area contributed by atoms with Gasteiger partial charge in [-0.3, -0.25) is 0 Å². The molecule has 13 heavy (non-hydrogen) atoms. The van der Waals surface area contributed by atoms with Crippen molar-refractivity contribution < 1.29 is 0 Å². The first-order chi connectivity index (χ1) is 6.16. The minimum atomic E-state index is 0.675. The van der Waals surface area contributed by atoms with Gasteiger partial charge in [0.05, 0.1) is 5.69 Å². The molecule has 0 aromatic carbocycles. The summed E-state index contributed by atoms with van der Waals surface area (Å²) in [5.74, 6) is 1.25. The lowest BCUT2D eigenvalue weighted by Crippen LogP contribution is -2.35. The molecule has 0 radical (unpaired) electrons. The quantitative estimate of drug-likeness (QED) is 0.643. The zero-order valence-corrected chi connectivity index (χ0v) is 8.62. The van der Waals surface area contributed by atoms with E-state index in [1.165, 1.54) is 12.2 Å². The monoisotopic (exact) mass is 179 g/mol. The Morgan fingerprint density at radius 2 is 2.31 bits per heavy atom. The van der Waals surface area contributed by atoms with Crippen molar-refractivity contribution in [2.24, 2.45) is 0 Å². The summed E-state index contributed by atoms with van der Waals surface area (Å²) in [4.78, 5) is 6.82. The molecule has 0 N–H and O–H groups in total. The second kappa shape index (κ2) is 3.14. The van der Waals surface area contributed by atoms with E-state index in [1.807, 2.05) is 0 Å². The number of likely N-dealkylation sites (N-methyl/N-ethyl adjacent to an activating group) is 1. The zero-order chi connectivity index (χ0) is 9.42. The highest BCUT2D eigenvalue weighted by atomic mass is 15.1. The van der Waals surface area contributed by atoms with E-state index in [2.05, 4.69) is 41.7 Å². The molecule has 1 aliphatic heterocycles. The fraction of sp³-hybridized carbons (Fsp3) is 0.700. The zero-order valence-electron chi connectivity index (χ0n) is 8.62. The normalized spacial score (nSPS) is 22.0. The smallest absolute Gasteiger partial charge is 0.110 e. The molecule has 0 saturated carbocycles. The number of hydrogen-bond donors (Lipinski definition) is 0. The third-order valence-corrected chi connectivity index (χ3v) is 2.83. The lowest BCUT2D eigenvalue weighted by molar-refractivity contribution is 0.243. The number of imidazole rings is 1. The van der Waals surface area contributed by atoms with Gasteiger partial charge in [0.25, 0.3) is 0 Å². The molecule has 0 saturated heterocycles. The molecule has 2 heterocycles. The number of hydrogen-bond acceptors (Lipinski definition) is 2. The van der Waals surface area contributed by atoms with Crippen LogP contribution >= 0.6 is 0 Å². The van der Waals surface area contributed by atoms with E-state index in [4.69, 9.17) is 0 Å². The number of aryl methyl sites for hydroxylation is 2. The maximum Gasteiger partial charge on any atom is 0.110 e. The van der Waals surface area contributed by atoms with Gasteiger partial charge in [0, 0.05) is 25.2 Å². The lowest BCUT2D eigenvalue weighted by atomic mass is 10.1. The Hall–Kier alpha value is -0.830. The number of aromatic nitrogens is 2. The van der Waals surface area contributed by atoms with Gasteiger partial charge >= 0.3 is 0 Å². The van der Waals surface area contributed by atoms with Crippen LogP contribution in [0.3, 0.4) is 0 Å². The van der Waals surface area contributed by atoms with Crippen LogP contribution < -0.4 is 0 Å². The number of fused-ring (bicyclic) bond motifs is 1. The molecule has 1 aromatic rings. The Kier molecular flexibility index (Phi) is 2.12. The molecule has 0 spiro atoms. The van der Waals surface area contributed by atoms with Gasteiger partial charge in [-0.1, -0.05) is 0 Å². The summed E-state index contributed by atoms with van der Waals surface area (Å²) in [6.07, 6.45) is 4.50. The highest BCUT2D eigenvalue weighted by Crippen LogP contribution is 2.17. The minimum absolute atomic E-state index is 0.675. The summed E-state index contributed by atoms with van der Waals surface area (Å²) in [6.45, 7) is 3.19. The molecule has 1 atom stereocenters. The highest BCUT2D eigenvalue weighted by molar-refractivity contribution is 5.06.